The van der Waals surface area contributed by atoms with Gasteiger partial charge in [-0.05, 0) is 35.3 Å². The minimum absolute atomic E-state index is 0.0141. The van der Waals surface area contributed by atoms with E-state index in [-0.39, 0.29) is 11.5 Å². The standard InChI is InChI=1S/C17H25IO4/c18-13-8-6-4-2-1-3-5-7-10-14-11-9-12-15(16(14)19)22-17(20)21/h9,11-12,19H,1-8,10,13H2,(H,20,21). The van der Waals surface area contributed by atoms with Crippen LogP contribution in [0.5, 0.6) is 11.5 Å². The largest absolute Gasteiger partial charge is 0.511 e. The molecule has 0 saturated heterocycles. The maximum atomic E-state index is 10.5. The highest BCUT2D eigenvalue weighted by Gasteiger charge is 2.10. The monoisotopic (exact) mass is 420 g/mol. The molecule has 5 heteroatoms. The quantitative estimate of drug-likeness (QED) is 0.162. The Morgan fingerprint density at radius 1 is 1.00 bits per heavy atom. The summed E-state index contributed by atoms with van der Waals surface area (Å²) in [6.07, 6.45) is 9.27. The van der Waals surface area contributed by atoms with E-state index in [1.807, 2.05) is 6.07 Å². The number of aromatic hydroxyl groups is 1. The molecule has 0 bridgehead atoms. The molecular formula is C17H25IO4. The van der Waals surface area contributed by atoms with E-state index in [1.165, 1.54) is 49.0 Å². The molecule has 124 valence electrons. The summed E-state index contributed by atoms with van der Waals surface area (Å²) in [6, 6.07) is 4.98. The van der Waals surface area contributed by atoms with Crippen molar-refractivity contribution in [1.82, 2.24) is 0 Å². The minimum atomic E-state index is -1.41. The van der Waals surface area contributed by atoms with Crippen LogP contribution in [0.15, 0.2) is 18.2 Å². The van der Waals surface area contributed by atoms with Crippen molar-refractivity contribution in [3.05, 3.63) is 23.8 Å². The number of alkyl halides is 1. The molecule has 22 heavy (non-hydrogen) atoms. The normalized spacial score (nSPS) is 10.6. The maximum Gasteiger partial charge on any atom is 0.511 e. The molecule has 0 atom stereocenters. The average Bonchev–Trinajstić information content (AvgIpc) is 2.48. The number of para-hydroxylation sites is 1. The number of carbonyl (C=O) groups is 1. The second-order valence-electron chi connectivity index (χ2n) is 5.40. The summed E-state index contributed by atoms with van der Waals surface area (Å²) < 4.78 is 5.80. The Balaban J connectivity index is 2.21. The molecule has 0 amide bonds. The highest BCUT2D eigenvalue weighted by atomic mass is 127. The van der Waals surface area contributed by atoms with E-state index in [0.717, 1.165) is 24.8 Å². The first-order valence-electron chi connectivity index (χ1n) is 7.92. The second-order valence-corrected chi connectivity index (χ2v) is 6.48. The van der Waals surface area contributed by atoms with E-state index >= 15 is 0 Å². The van der Waals surface area contributed by atoms with Crippen molar-refractivity contribution in [3.63, 3.8) is 0 Å². The van der Waals surface area contributed by atoms with Gasteiger partial charge in [0.2, 0.25) is 0 Å². The van der Waals surface area contributed by atoms with Gasteiger partial charge in [0, 0.05) is 0 Å². The lowest BCUT2D eigenvalue weighted by atomic mass is 10.0. The number of ether oxygens (including phenoxy) is 1. The number of aryl methyl sites for hydroxylation is 1. The molecule has 1 aromatic rings. The van der Waals surface area contributed by atoms with Gasteiger partial charge in [0.15, 0.2) is 11.5 Å². The Kier molecular flexibility index (Phi) is 10.0. The van der Waals surface area contributed by atoms with Gasteiger partial charge in [0.05, 0.1) is 0 Å². The van der Waals surface area contributed by atoms with Crippen LogP contribution in [0, 0.1) is 0 Å². The number of rotatable bonds is 11. The molecule has 0 aliphatic rings. The number of phenolic OH excluding ortho intramolecular Hbond substituents is 1. The molecule has 0 saturated carbocycles. The Bertz CT molecular complexity index is 448. The maximum absolute atomic E-state index is 10.5. The fourth-order valence-corrected chi connectivity index (χ4v) is 2.96. The van der Waals surface area contributed by atoms with Crippen LogP contribution >= 0.6 is 22.6 Å². The van der Waals surface area contributed by atoms with E-state index in [2.05, 4.69) is 27.3 Å². The van der Waals surface area contributed by atoms with Gasteiger partial charge < -0.3 is 14.9 Å². The zero-order valence-corrected chi connectivity index (χ0v) is 15.0. The minimum Gasteiger partial charge on any atom is -0.504 e. The number of hydrogen-bond donors (Lipinski definition) is 2. The number of hydrogen-bond acceptors (Lipinski definition) is 3. The van der Waals surface area contributed by atoms with E-state index in [4.69, 9.17) is 5.11 Å². The Morgan fingerprint density at radius 3 is 2.18 bits per heavy atom. The van der Waals surface area contributed by atoms with Crippen molar-refractivity contribution in [2.45, 2.75) is 57.8 Å². The zero-order valence-electron chi connectivity index (χ0n) is 12.9. The molecule has 0 fully saturated rings. The van der Waals surface area contributed by atoms with Gasteiger partial charge in [-0.15, -0.1) is 0 Å². The third-order valence-electron chi connectivity index (χ3n) is 3.61. The number of carboxylic acid groups (broad SMARTS) is 1. The molecule has 2 N–H and O–H groups in total. The summed E-state index contributed by atoms with van der Waals surface area (Å²) in [5, 5.41) is 18.6. The van der Waals surface area contributed by atoms with Crippen molar-refractivity contribution < 1.29 is 19.7 Å². The van der Waals surface area contributed by atoms with Gasteiger partial charge in [-0.2, -0.15) is 0 Å². The fraction of sp³-hybridized carbons (Fsp3) is 0.588. The van der Waals surface area contributed by atoms with Crippen molar-refractivity contribution in [2.75, 3.05) is 4.43 Å². The summed E-state index contributed by atoms with van der Waals surface area (Å²) in [5.74, 6) is -0.0380. The van der Waals surface area contributed by atoms with Gasteiger partial charge in [-0.3, -0.25) is 0 Å². The van der Waals surface area contributed by atoms with Crippen molar-refractivity contribution in [2.24, 2.45) is 0 Å². The van der Waals surface area contributed by atoms with Gasteiger partial charge in [-0.1, -0.05) is 73.2 Å². The Morgan fingerprint density at radius 2 is 1.59 bits per heavy atom. The van der Waals surface area contributed by atoms with E-state index in [1.54, 1.807) is 6.07 Å². The van der Waals surface area contributed by atoms with E-state index in [9.17, 15) is 9.90 Å². The average molecular weight is 420 g/mol. The van der Waals surface area contributed by atoms with E-state index in [0.29, 0.717) is 0 Å². The predicted molar refractivity (Wildman–Crippen MR) is 96.3 cm³/mol. The summed E-state index contributed by atoms with van der Waals surface area (Å²) >= 11 is 2.42. The molecule has 0 aliphatic carbocycles. The van der Waals surface area contributed by atoms with Crippen molar-refractivity contribution in [3.8, 4) is 11.5 Å². The van der Waals surface area contributed by atoms with Gasteiger partial charge >= 0.3 is 6.16 Å². The van der Waals surface area contributed by atoms with Gasteiger partial charge in [0.25, 0.3) is 0 Å². The van der Waals surface area contributed by atoms with Crippen LogP contribution in [0.2, 0.25) is 0 Å². The van der Waals surface area contributed by atoms with Gasteiger partial charge in [0.1, 0.15) is 0 Å². The third kappa shape index (κ3) is 7.87. The van der Waals surface area contributed by atoms with Crippen LogP contribution in [-0.2, 0) is 6.42 Å². The summed E-state index contributed by atoms with van der Waals surface area (Å²) in [4.78, 5) is 10.5. The molecular weight excluding hydrogens is 395 g/mol. The first-order chi connectivity index (χ1) is 10.6. The van der Waals surface area contributed by atoms with Crippen molar-refractivity contribution in [1.29, 1.82) is 0 Å². The number of phenols is 1. The molecule has 1 aromatic carbocycles. The van der Waals surface area contributed by atoms with Crippen LogP contribution in [0.3, 0.4) is 0 Å². The molecule has 0 spiro atoms. The predicted octanol–water partition coefficient (Wildman–Crippen LogP) is 5.55. The highest BCUT2D eigenvalue weighted by Crippen LogP contribution is 2.31. The second kappa shape index (κ2) is 11.6. The lowest BCUT2D eigenvalue weighted by molar-refractivity contribution is 0.143. The molecule has 0 unspecified atom stereocenters. The van der Waals surface area contributed by atoms with Crippen LogP contribution in [-0.4, -0.2) is 20.8 Å². The lowest BCUT2D eigenvalue weighted by Gasteiger charge is -2.08. The smallest absolute Gasteiger partial charge is 0.504 e. The summed E-state index contributed by atoms with van der Waals surface area (Å²) in [7, 11) is 0. The van der Waals surface area contributed by atoms with Crippen molar-refractivity contribution >= 4 is 28.7 Å². The number of unbranched alkanes of at least 4 members (excludes halogenated alkanes) is 7. The zero-order chi connectivity index (χ0) is 16.2. The molecule has 0 aliphatic heterocycles. The first kappa shape index (κ1) is 19.1. The van der Waals surface area contributed by atoms with Crippen LogP contribution < -0.4 is 4.74 Å². The first-order valence-corrected chi connectivity index (χ1v) is 9.45. The molecule has 1 rings (SSSR count). The van der Waals surface area contributed by atoms with Crippen LogP contribution in [0.1, 0.15) is 56.9 Å². The van der Waals surface area contributed by atoms with Gasteiger partial charge in [-0.25, -0.2) is 4.79 Å². The topological polar surface area (TPSA) is 66.8 Å². The molecule has 4 nitrogen and oxygen atoms in total. The molecule has 0 heterocycles. The Hall–Kier alpha value is -0.980. The lowest BCUT2D eigenvalue weighted by Crippen LogP contribution is -2.03. The van der Waals surface area contributed by atoms with Crippen LogP contribution in [0.25, 0.3) is 0 Å². The SMILES string of the molecule is O=C(O)Oc1cccc(CCCCCCCCCCI)c1O. The van der Waals surface area contributed by atoms with Crippen LogP contribution in [0.4, 0.5) is 4.79 Å². The summed E-state index contributed by atoms with van der Waals surface area (Å²) in [6.45, 7) is 0. The van der Waals surface area contributed by atoms with E-state index < -0.39 is 6.16 Å². The summed E-state index contributed by atoms with van der Waals surface area (Å²) in [5.41, 5.74) is 0.751. The molecule has 0 aromatic heterocycles. The Labute approximate surface area is 146 Å². The molecule has 0 radical (unpaired) electrons. The fourth-order valence-electron chi connectivity index (χ4n) is 2.42. The number of halogens is 1. The number of benzene rings is 1. The highest BCUT2D eigenvalue weighted by molar-refractivity contribution is 14.1. The third-order valence-corrected chi connectivity index (χ3v) is 4.37.